The van der Waals surface area contributed by atoms with E-state index in [4.69, 9.17) is 0 Å². The predicted molar refractivity (Wildman–Crippen MR) is 70.2 cm³/mol. The lowest BCUT2D eigenvalue weighted by atomic mass is 10.2. The number of hydrogen-bond donors (Lipinski definition) is 3. The lowest BCUT2D eigenvalue weighted by molar-refractivity contribution is -0.121. The number of amides is 1. The second kappa shape index (κ2) is 5.35. The smallest absolute Gasteiger partial charge is 0.323 e. The topological polar surface area (TPSA) is 77.8 Å². The van der Waals surface area contributed by atoms with Gasteiger partial charge in [-0.25, -0.2) is 4.79 Å². The number of nitrogens with one attached hydrogen (secondary N) is 3. The van der Waals surface area contributed by atoms with Crippen LogP contribution >= 0.6 is 0 Å². The van der Waals surface area contributed by atoms with E-state index in [2.05, 4.69) is 21.9 Å². The molecular weight excluding hydrogens is 230 g/mol. The zero-order valence-corrected chi connectivity index (χ0v) is 9.95. The number of hydrogen-bond acceptors (Lipinski definition) is 2. The molecule has 1 heterocycles. The lowest BCUT2D eigenvalue weighted by Crippen LogP contribution is -2.22. The molecular formula is C13H15N3O2. The number of fused-ring (bicyclic) bond motifs is 1. The second-order valence-electron chi connectivity index (χ2n) is 4.06. The van der Waals surface area contributed by atoms with Gasteiger partial charge in [0.1, 0.15) is 0 Å². The minimum absolute atomic E-state index is 0.00226. The Bertz CT molecular complexity index is 624. The summed E-state index contributed by atoms with van der Waals surface area (Å²) in [5.41, 5.74) is 2.24. The van der Waals surface area contributed by atoms with Crippen LogP contribution in [-0.2, 0) is 11.3 Å². The molecule has 18 heavy (non-hydrogen) atoms. The first-order valence-corrected chi connectivity index (χ1v) is 5.77. The van der Waals surface area contributed by atoms with Crippen molar-refractivity contribution in [3.63, 3.8) is 0 Å². The quantitative estimate of drug-likeness (QED) is 0.697. The van der Waals surface area contributed by atoms with Crippen molar-refractivity contribution in [3.8, 4) is 0 Å². The first kappa shape index (κ1) is 12.2. The van der Waals surface area contributed by atoms with Gasteiger partial charge in [-0.2, -0.15) is 0 Å². The molecule has 0 spiro atoms. The predicted octanol–water partition coefficient (Wildman–Crippen LogP) is 1.44. The molecule has 94 valence electrons. The molecule has 1 amide bonds. The van der Waals surface area contributed by atoms with Gasteiger partial charge in [0.25, 0.3) is 0 Å². The molecule has 1 aromatic heterocycles. The van der Waals surface area contributed by atoms with E-state index in [9.17, 15) is 9.59 Å². The number of allylic oxidation sites excluding steroid dienone is 1. The molecule has 0 unspecified atom stereocenters. The Labute approximate surface area is 104 Å². The van der Waals surface area contributed by atoms with E-state index in [1.165, 1.54) is 0 Å². The number of aromatic nitrogens is 2. The van der Waals surface area contributed by atoms with Crippen molar-refractivity contribution >= 4 is 16.9 Å². The first-order chi connectivity index (χ1) is 8.69. The Kier molecular flexibility index (Phi) is 3.62. The highest BCUT2D eigenvalue weighted by Crippen LogP contribution is 2.09. The maximum Gasteiger partial charge on any atom is 0.323 e. The van der Waals surface area contributed by atoms with Crippen LogP contribution in [0.2, 0.25) is 0 Å². The standard InChI is InChI=1S/C13H15N3O2/c1-2-3-4-12(17)14-8-9-5-6-10-11(7-9)16-13(18)15-10/h2,5-7H,1,3-4,8H2,(H,14,17)(H2,15,16,18). The molecule has 0 saturated heterocycles. The van der Waals surface area contributed by atoms with Gasteiger partial charge in [-0.3, -0.25) is 4.79 Å². The third-order valence-corrected chi connectivity index (χ3v) is 2.65. The first-order valence-electron chi connectivity index (χ1n) is 5.77. The number of aromatic amines is 2. The van der Waals surface area contributed by atoms with Crippen LogP contribution in [0.5, 0.6) is 0 Å². The molecule has 0 fully saturated rings. The maximum atomic E-state index is 11.4. The van der Waals surface area contributed by atoms with Gasteiger partial charge in [0.15, 0.2) is 0 Å². The van der Waals surface area contributed by atoms with Crippen LogP contribution in [0.4, 0.5) is 0 Å². The average Bonchev–Trinajstić information content (AvgIpc) is 2.73. The third-order valence-electron chi connectivity index (χ3n) is 2.65. The number of benzene rings is 1. The van der Waals surface area contributed by atoms with Gasteiger partial charge in [0.2, 0.25) is 5.91 Å². The summed E-state index contributed by atoms with van der Waals surface area (Å²) in [5, 5.41) is 2.82. The van der Waals surface area contributed by atoms with Crippen LogP contribution in [0, 0.1) is 0 Å². The molecule has 0 bridgehead atoms. The molecule has 2 rings (SSSR count). The highest BCUT2D eigenvalue weighted by molar-refractivity contribution is 5.77. The molecule has 5 heteroatoms. The Morgan fingerprint density at radius 1 is 1.33 bits per heavy atom. The van der Waals surface area contributed by atoms with E-state index in [0.29, 0.717) is 19.4 Å². The van der Waals surface area contributed by atoms with Gasteiger partial charge >= 0.3 is 5.69 Å². The van der Waals surface area contributed by atoms with Crippen molar-refractivity contribution < 1.29 is 4.79 Å². The van der Waals surface area contributed by atoms with Crippen LogP contribution in [0.3, 0.4) is 0 Å². The fraction of sp³-hybridized carbons (Fsp3) is 0.231. The van der Waals surface area contributed by atoms with E-state index >= 15 is 0 Å². The van der Waals surface area contributed by atoms with Gasteiger partial charge in [-0.1, -0.05) is 12.1 Å². The minimum atomic E-state index is -0.225. The third kappa shape index (κ3) is 2.88. The summed E-state index contributed by atoms with van der Waals surface area (Å²) >= 11 is 0. The largest absolute Gasteiger partial charge is 0.352 e. The van der Waals surface area contributed by atoms with Crippen LogP contribution in [0.15, 0.2) is 35.6 Å². The zero-order valence-electron chi connectivity index (χ0n) is 9.95. The molecule has 0 saturated carbocycles. The number of carbonyl (C=O) groups excluding carboxylic acids is 1. The summed E-state index contributed by atoms with van der Waals surface area (Å²) in [6.07, 6.45) is 2.85. The van der Waals surface area contributed by atoms with Gasteiger partial charge < -0.3 is 15.3 Å². The summed E-state index contributed by atoms with van der Waals surface area (Å²) in [4.78, 5) is 27.9. The van der Waals surface area contributed by atoms with Crippen LogP contribution in [0.25, 0.3) is 11.0 Å². The molecule has 2 aromatic rings. The molecule has 0 aliphatic carbocycles. The highest BCUT2D eigenvalue weighted by Gasteiger charge is 2.02. The molecule has 0 aliphatic rings. The number of rotatable bonds is 5. The van der Waals surface area contributed by atoms with E-state index in [-0.39, 0.29) is 11.6 Å². The van der Waals surface area contributed by atoms with Crippen molar-refractivity contribution in [2.75, 3.05) is 0 Å². The fourth-order valence-electron chi connectivity index (χ4n) is 1.71. The lowest BCUT2D eigenvalue weighted by Gasteiger charge is -2.04. The molecule has 1 aromatic carbocycles. The van der Waals surface area contributed by atoms with Crippen molar-refractivity contribution in [1.29, 1.82) is 0 Å². The monoisotopic (exact) mass is 245 g/mol. The molecule has 5 nitrogen and oxygen atoms in total. The van der Waals surface area contributed by atoms with E-state index in [1.807, 2.05) is 18.2 Å². The second-order valence-corrected chi connectivity index (χ2v) is 4.06. The maximum absolute atomic E-state index is 11.4. The van der Waals surface area contributed by atoms with Gasteiger partial charge in [-0.15, -0.1) is 6.58 Å². The number of H-pyrrole nitrogens is 2. The molecule has 0 aliphatic heterocycles. The molecule has 0 radical (unpaired) electrons. The Hall–Kier alpha value is -2.30. The summed E-state index contributed by atoms with van der Waals surface area (Å²) in [6.45, 7) is 4.03. The Morgan fingerprint density at radius 2 is 2.11 bits per heavy atom. The summed E-state index contributed by atoms with van der Waals surface area (Å²) in [5.74, 6) is -0.00226. The fourth-order valence-corrected chi connectivity index (χ4v) is 1.71. The van der Waals surface area contributed by atoms with Gasteiger partial charge in [0.05, 0.1) is 11.0 Å². The number of imidazole rings is 1. The van der Waals surface area contributed by atoms with Crippen molar-refractivity contribution in [3.05, 3.63) is 46.9 Å². The normalized spacial score (nSPS) is 10.4. The minimum Gasteiger partial charge on any atom is -0.352 e. The Morgan fingerprint density at radius 3 is 2.89 bits per heavy atom. The van der Waals surface area contributed by atoms with Crippen molar-refractivity contribution in [1.82, 2.24) is 15.3 Å². The Balaban J connectivity index is 2.01. The van der Waals surface area contributed by atoms with Crippen LogP contribution in [-0.4, -0.2) is 15.9 Å². The molecule has 3 N–H and O–H groups in total. The number of carbonyl (C=O) groups is 1. The SMILES string of the molecule is C=CCCC(=O)NCc1ccc2[nH]c(=O)[nH]c2c1. The van der Waals surface area contributed by atoms with E-state index < -0.39 is 0 Å². The summed E-state index contributed by atoms with van der Waals surface area (Å²) < 4.78 is 0. The van der Waals surface area contributed by atoms with Crippen molar-refractivity contribution in [2.24, 2.45) is 0 Å². The summed E-state index contributed by atoms with van der Waals surface area (Å²) in [6, 6.07) is 5.54. The van der Waals surface area contributed by atoms with E-state index in [0.717, 1.165) is 16.6 Å². The van der Waals surface area contributed by atoms with Crippen LogP contribution < -0.4 is 11.0 Å². The zero-order chi connectivity index (χ0) is 13.0. The molecule has 0 atom stereocenters. The summed E-state index contributed by atoms with van der Waals surface area (Å²) in [7, 11) is 0. The average molecular weight is 245 g/mol. The van der Waals surface area contributed by atoms with Crippen molar-refractivity contribution in [2.45, 2.75) is 19.4 Å². The van der Waals surface area contributed by atoms with E-state index in [1.54, 1.807) is 6.08 Å². The van der Waals surface area contributed by atoms with Gasteiger partial charge in [-0.05, 0) is 24.1 Å². The van der Waals surface area contributed by atoms with Crippen LogP contribution in [0.1, 0.15) is 18.4 Å². The van der Waals surface area contributed by atoms with Gasteiger partial charge in [0, 0.05) is 13.0 Å². The highest BCUT2D eigenvalue weighted by atomic mass is 16.1.